The zero-order chi connectivity index (χ0) is 24.1. The van der Waals surface area contributed by atoms with Crippen LogP contribution in [0, 0.1) is 13.8 Å². The maximum atomic E-state index is 13.5. The fourth-order valence-corrected chi connectivity index (χ4v) is 5.54. The number of carbonyl (C=O) groups excluding carboxylic acids is 1. The van der Waals surface area contributed by atoms with Crippen LogP contribution in [0.4, 0.5) is 11.4 Å². The third-order valence-electron chi connectivity index (χ3n) is 6.08. The van der Waals surface area contributed by atoms with Crippen molar-refractivity contribution < 1.29 is 13.2 Å². The average molecular weight is 478 g/mol. The second-order valence-electron chi connectivity index (χ2n) is 8.80. The van der Waals surface area contributed by atoms with Gasteiger partial charge in [0.05, 0.1) is 10.6 Å². The van der Waals surface area contributed by atoms with Crippen molar-refractivity contribution in [3.63, 3.8) is 0 Å². The largest absolute Gasteiger partial charge is 0.372 e. The number of hydrogen-bond donors (Lipinski definition) is 1. The van der Waals surface area contributed by atoms with E-state index in [1.807, 2.05) is 32.0 Å². The first-order valence-corrected chi connectivity index (χ1v) is 13.0. The third kappa shape index (κ3) is 5.59. The summed E-state index contributed by atoms with van der Waals surface area (Å²) in [4.78, 5) is 15.4. The number of nitrogens with one attached hydrogen (secondary N) is 1. The van der Waals surface area contributed by atoms with Gasteiger partial charge < -0.3 is 10.2 Å². The van der Waals surface area contributed by atoms with Crippen LogP contribution in [0.3, 0.4) is 0 Å². The molecule has 0 aliphatic carbocycles. The van der Waals surface area contributed by atoms with Gasteiger partial charge in [0.1, 0.15) is 6.54 Å². The molecular weight excluding hydrogens is 446 g/mol. The molecule has 0 atom stereocenters. The summed E-state index contributed by atoms with van der Waals surface area (Å²) in [5, 5.41) is 2.88. The van der Waals surface area contributed by atoms with E-state index in [9.17, 15) is 13.2 Å². The molecule has 1 heterocycles. The van der Waals surface area contributed by atoms with Crippen molar-refractivity contribution in [1.82, 2.24) is 5.32 Å². The van der Waals surface area contributed by atoms with Crippen LogP contribution in [0.1, 0.15) is 29.5 Å². The number of benzene rings is 3. The van der Waals surface area contributed by atoms with Gasteiger partial charge in [-0.3, -0.25) is 9.10 Å². The molecule has 1 N–H and O–H groups in total. The Bertz CT molecular complexity index is 1230. The molecule has 0 saturated carbocycles. The summed E-state index contributed by atoms with van der Waals surface area (Å²) < 4.78 is 28.1. The van der Waals surface area contributed by atoms with Gasteiger partial charge >= 0.3 is 0 Å². The van der Waals surface area contributed by atoms with Gasteiger partial charge in [0.2, 0.25) is 5.91 Å². The van der Waals surface area contributed by atoms with Gasteiger partial charge in [-0.05, 0) is 74.2 Å². The molecular formula is C27H31N3O3S. The lowest BCUT2D eigenvalue weighted by Gasteiger charge is -2.24. The first-order chi connectivity index (χ1) is 16.3. The second-order valence-corrected chi connectivity index (χ2v) is 10.7. The molecule has 0 spiro atoms. The van der Waals surface area contributed by atoms with Crippen LogP contribution < -0.4 is 14.5 Å². The molecule has 1 aliphatic rings. The summed E-state index contributed by atoms with van der Waals surface area (Å²) in [5.41, 5.74) is 4.52. The topological polar surface area (TPSA) is 69.7 Å². The summed E-state index contributed by atoms with van der Waals surface area (Å²) in [6, 6.07) is 22.0. The third-order valence-corrected chi connectivity index (χ3v) is 7.87. The molecule has 7 heteroatoms. The predicted octanol–water partition coefficient (Wildman–Crippen LogP) is 4.42. The van der Waals surface area contributed by atoms with E-state index in [2.05, 4.69) is 22.3 Å². The highest BCUT2D eigenvalue weighted by atomic mass is 32.2. The number of aryl methyl sites for hydroxylation is 2. The molecule has 3 aromatic carbocycles. The highest BCUT2D eigenvalue weighted by Crippen LogP contribution is 2.25. The van der Waals surface area contributed by atoms with Gasteiger partial charge in [-0.15, -0.1) is 0 Å². The molecule has 3 aromatic rings. The molecule has 4 rings (SSSR count). The Morgan fingerprint density at radius 2 is 1.59 bits per heavy atom. The lowest BCUT2D eigenvalue weighted by atomic mass is 10.2. The van der Waals surface area contributed by atoms with E-state index in [1.165, 1.54) is 22.8 Å². The molecule has 0 radical (unpaired) electrons. The fourth-order valence-electron chi connectivity index (χ4n) is 4.12. The van der Waals surface area contributed by atoms with E-state index in [1.54, 1.807) is 42.5 Å². The van der Waals surface area contributed by atoms with Crippen LogP contribution in [0.15, 0.2) is 77.7 Å². The summed E-state index contributed by atoms with van der Waals surface area (Å²) in [6.07, 6.45) is 2.45. The van der Waals surface area contributed by atoms with E-state index in [0.717, 1.165) is 29.8 Å². The second kappa shape index (κ2) is 10.3. The molecule has 34 heavy (non-hydrogen) atoms. The highest BCUT2D eigenvalue weighted by Gasteiger charge is 2.27. The van der Waals surface area contributed by atoms with Crippen molar-refractivity contribution in [1.29, 1.82) is 0 Å². The number of sulfonamides is 1. The molecule has 1 amide bonds. The maximum Gasteiger partial charge on any atom is 0.264 e. The normalized spacial score (nSPS) is 13.6. The molecule has 1 fully saturated rings. The van der Waals surface area contributed by atoms with E-state index in [-0.39, 0.29) is 17.3 Å². The molecule has 6 nitrogen and oxygen atoms in total. The Balaban J connectivity index is 1.48. The number of anilines is 2. The summed E-state index contributed by atoms with van der Waals surface area (Å²) in [5.74, 6) is -0.360. The van der Waals surface area contributed by atoms with Crippen LogP contribution in [-0.4, -0.2) is 34.0 Å². The summed E-state index contributed by atoms with van der Waals surface area (Å²) in [6.45, 7) is 6.00. The van der Waals surface area contributed by atoms with Gasteiger partial charge in [0.25, 0.3) is 10.0 Å². The van der Waals surface area contributed by atoms with Gasteiger partial charge in [-0.2, -0.15) is 0 Å². The summed E-state index contributed by atoms with van der Waals surface area (Å²) in [7, 11) is -3.91. The van der Waals surface area contributed by atoms with E-state index in [4.69, 9.17) is 0 Å². The van der Waals surface area contributed by atoms with Crippen molar-refractivity contribution in [2.24, 2.45) is 0 Å². The standard InChI is InChI=1S/C27H31N3O3S/c1-21-8-14-26(15-9-21)34(32,33)30(25-7-5-6-22(2)18-25)20-27(31)28-19-23-10-12-24(13-11-23)29-16-3-4-17-29/h5-15,18H,3-4,16-17,19-20H2,1-2H3,(H,28,31). The summed E-state index contributed by atoms with van der Waals surface area (Å²) >= 11 is 0. The average Bonchev–Trinajstić information content (AvgIpc) is 3.37. The van der Waals surface area contributed by atoms with Crippen LogP contribution in [0.2, 0.25) is 0 Å². The molecule has 0 aromatic heterocycles. The maximum absolute atomic E-state index is 13.5. The molecule has 1 aliphatic heterocycles. The lowest BCUT2D eigenvalue weighted by Crippen LogP contribution is -2.40. The van der Waals surface area contributed by atoms with Crippen molar-refractivity contribution in [3.8, 4) is 0 Å². The Kier molecular flexibility index (Phi) is 7.22. The fraction of sp³-hybridized carbons (Fsp3) is 0.296. The quantitative estimate of drug-likeness (QED) is 0.522. The molecule has 0 unspecified atom stereocenters. The molecule has 1 saturated heterocycles. The van der Waals surface area contributed by atoms with Gasteiger partial charge in [-0.1, -0.05) is 42.0 Å². The minimum absolute atomic E-state index is 0.157. The van der Waals surface area contributed by atoms with Crippen LogP contribution in [0.5, 0.6) is 0 Å². The van der Waals surface area contributed by atoms with Crippen LogP contribution in [0.25, 0.3) is 0 Å². The SMILES string of the molecule is Cc1ccc(S(=O)(=O)N(CC(=O)NCc2ccc(N3CCCC3)cc2)c2cccc(C)c2)cc1. The van der Waals surface area contributed by atoms with Gasteiger partial charge in [0, 0.05) is 25.3 Å². The number of amides is 1. The van der Waals surface area contributed by atoms with Gasteiger partial charge in [-0.25, -0.2) is 8.42 Å². The lowest BCUT2D eigenvalue weighted by molar-refractivity contribution is -0.119. The van der Waals surface area contributed by atoms with Gasteiger partial charge in [0.15, 0.2) is 0 Å². The minimum Gasteiger partial charge on any atom is -0.372 e. The smallest absolute Gasteiger partial charge is 0.264 e. The monoisotopic (exact) mass is 477 g/mol. The van der Waals surface area contributed by atoms with E-state index >= 15 is 0 Å². The minimum atomic E-state index is -3.91. The molecule has 0 bridgehead atoms. The predicted molar refractivity (Wildman–Crippen MR) is 137 cm³/mol. The first-order valence-electron chi connectivity index (χ1n) is 11.6. The molecule has 178 valence electrons. The van der Waals surface area contributed by atoms with Crippen molar-refractivity contribution in [3.05, 3.63) is 89.5 Å². The van der Waals surface area contributed by atoms with Crippen molar-refractivity contribution in [2.75, 3.05) is 28.8 Å². The van der Waals surface area contributed by atoms with E-state index < -0.39 is 10.0 Å². The number of carbonyl (C=O) groups is 1. The Hall–Kier alpha value is -3.32. The van der Waals surface area contributed by atoms with Crippen LogP contribution in [-0.2, 0) is 21.4 Å². The number of hydrogen-bond acceptors (Lipinski definition) is 4. The zero-order valence-corrected chi connectivity index (χ0v) is 20.5. The highest BCUT2D eigenvalue weighted by molar-refractivity contribution is 7.92. The van der Waals surface area contributed by atoms with Crippen molar-refractivity contribution in [2.45, 2.75) is 38.1 Å². The zero-order valence-electron chi connectivity index (χ0n) is 19.7. The number of nitrogens with zero attached hydrogens (tertiary/aromatic N) is 2. The first kappa shape index (κ1) is 23.8. The number of rotatable bonds is 8. The van der Waals surface area contributed by atoms with Crippen molar-refractivity contribution >= 4 is 27.3 Å². The Morgan fingerprint density at radius 3 is 2.24 bits per heavy atom. The van der Waals surface area contributed by atoms with Crippen LogP contribution >= 0.6 is 0 Å². The Morgan fingerprint density at radius 1 is 0.912 bits per heavy atom. The Labute approximate surface area is 202 Å². The van der Waals surface area contributed by atoms with E-state index in [0.29, 0.717) is 12.2 Å².